The fraction of sp³-hybridized carbons (Fsp3) is 0.938. The van der Waals surface area contributed by atoms with Crippen LogP contribution in [-0.2, 0) is 0 Å². The summed E-state index contributed by atoms with van der Waals surface area (Å²) in [4.78, 5) is 0. The number of aliphatic hydroxyl groups is 1. The Balaban J connectivity index is 2.12. The first-order valence-electron chi connectivity index (χ1n) is 7.65. The highest BCUT2D eigenvalue weighted by molar-refractivity contribution is 5.14. The van der Waals surface area contributed by atoms with Gasteiger partial charge in [-0.05, 0) is 43.9 Å². The van der Waals surface area contributed by atoms with Gasteiger partial charge in [0, 0.05) is 0 Å². The largest absolute Gasteiger partial charge is 0.388 e. The van der Waals surface area contributed by atoms with Crippen molar-refractivity contribution in [1.82, 2.24) is 0 Å². The maximum Gasteiger partial charge on any atom is 0.0860 e. The average molecular weight is 249 g/mol. The summed E-state index contributed by atoms with van der Waals surface area (Å²) in [5.74, 6) is 1.31. The summed E-state index contributed by atoms with van der Waals surface area (Å²) in [6.07, 6.45) is 9.29. The average Bonchev–Trinajstić information content (AvgIpc) is 2.78. The second-order valence-corrected chi connectivity index (χ2v) is 7.02. The van der Waals surface area contributed by atoms with E-state index < -0.39 is 11.0 Å². The van der Waals surface area contributed by atoms with Crippen LogP contribution in [0.3, 0.4) is 0 Å². The molecule has 0 bridgehead atoms. The van der Waals surface area contributed by atoms with Gasteiger partial charge in [-0.3, -0.25) is 0 Å². The van der Waals surface area contributed by atoms with Gasteiger partial charge in [0.05, 0.1) is 17.1 Å². The molecule has 2 aliphatic carbocycles. The predicted molar refractivity (Wildman–Crippen MR) is 72.9 cm³/mol. The van der Waals surface area contributed by atoms with Crippen molar-refractivity contribution in [3.8, 4) is 6.07 Å². The SMILES string of the molecule is CC(C)CC1CCCC(O)(C2(C#N)CCCC2)C1. The summed E-state index contributed by atoms with van der Waals surface area (Å²) in [6.45, 7) is 4.51. The van der Waals surface area contributed by atoms with Crippen LogP contribution in [0.1, 0.15) is 71.6 Å². The van der Waals surface area contributed by atoms with Gasteiger partial charge in [0.15, 0.2) is 0 Å². The maximum atomic E-state index is 11.1. The van der Waals surface area contributed by atoms with Gasteiger partial charge in [-0.25, -0.2) is 0 Å². The zero-order chi connectivity index (χ0) is 13.2. The van der Waals surface area contributed by atoms with Crippen LogP contribution in [-0.4, -0.2) is 10.7 Å². The molecule has 102 valence electrons. The molecule has 0 aromatic carbocycles. The monoisotopic (exact) mass is 249 g/mol. The molecule has 0 aromatic rings. The highest BCUT2D eigenvalue weighted by Crippen LogP contribution is 2.53. The summed E-state index contributed by atoms with van der Waals surface area (Å²) >= 11 is 0. The Morgan fingerprint density at radius 2 is 1.89 bits per heavy atom. The number of rotatable bonds is 3. The van der Waals surface area contributed by atoms with Crippen molar-refractivity contribution in [1.29, 1.82) is 5.26 Å². The van der Waals surface area contributed by atoms with Crippen molar-refractivity contribution in [2.45, 2.75) is 77.2 Å². The maximum absolute atomic E-state index is 11.1. The van der Waals surface area contributed by atoms with E-state index in [1.165, 1.54) is 12.8 Å². The minimum Gasteiger partial charge on any atom is -0.388 e. The normalized spacial score (nSPS) is 35.6. The third-order valence-electron chi connectivity index (χ3n) is 5.20. The van der Waals surface area contributed by atoms with E-state index in [4.69, 9.17) is 0 Å². The summed E-state index contributed by atoms with van der Waals surface area (Å²) < 4.78 is 0. The van der Waals surface area contributed by atoms with Crippen LogP contribution >= 0.6 is 0 Å². The Kier molecular flexibility index (Phi) is 4.02. The highest BCUT2D eigenvalue weighted by Gasteiger charge is 2.53. The Labute approximate surface area is 111 Å². The van der Waals surface area contributed by atoms with Crippen molar-refractivity contribution < 1.29 is 5.11 Å². The molecule has 0 radical (unpaired) electrons. The molecule has 2 aliphatic rings. The number of nitriles is 1. The third kappa shape index (κ3) is 2.43. The van der Waals surface area contributed by atoms with Crippen LogP contribution in [0.4, 0.5) is 0 Å². The quantitative estimate of drug-likeness (QED) is 0.820. The fourth-order valence-corrected chi connectivity index (χ4v) is 4.33. The lowest BCUT2D eigenvalue weighted by molar-refractivity contribution is -0.0961. The van der Waals surface area contributed by atoms with E-state index in [-0.39, 0.29) is 0 Å². The molecule has 2 rings (SSSR count). The van der Waals surface area contributed by atoms with Gasteiger partial charge in [-0.15, -0.1) is 0 Å². The minimum absolute atomic E-state index is 0.428. The van der Waals surface area contributed by atoms with Gasteiger partial charge in [0.25, 0.3) is 0 Å². The van der Waals surface area contributed by atoms with Crippen LogP contribution in [0, 0.1) is 28.6 Å². The van der Waals surface area contributed by atoms with Gasteiger partial charge < -0.3 is 5.11 Å². The Bertz CT molecular complexity index is 324. The summed E-state index contributed by atoms with van der Waals surface area (Å²) in [7, 11) is 0. The predicted octanol–water partition coefficient (Wildman–Crippen LogP) is 4.04. The molecule has 2 saturated carbocycles. The molecule has 2 fully saturated rings. The van der Waals surface area contributed by atoms with Crippen LogP contribution in [0.2, 0.25) is 0 Å². The standard InChI is InChI=1S/C16H27NO/c1-13(2)10-14-6-5-9-16(18,11-14)15(12-17)7-3-4-8-15/h13-14,18H,3-11H2,1-2H3. The second kappa shape index (κ2) is 5.21. The topological polar surface area (TPSA) is 44.0 Å². The van der Waals surface area contributed by atoms with Gasteiger partial charge in [-0.1, -0.05) is 39.5 Å². The Morgan fingerprint density at radius 3 is 2.44 bits per heavy atom. The van der Waals surface area contributed by atoms with Crippen LogP contribution in [0.25, 0.3) is 0 Å². The van der Waals surface area contributed by atoms with Crippen molar-refractivity contribution in [2.24, 2.45) is 17.3 Å². The Hall–Kier alpha value is -0.550. The lowest BCUT2D eigenvalue weighted by Crippen LogP contribution is -2.49. The van der Waals surface area contributed by atoms with Crippen molar-refractivity contribution in [3.63, 3.8) is 0 Å². The van der Waals surface area contributed by atoms with Crippen LogP contribution in [0.5, 0.6) is 0 Å². The highest BCUT2D eigenvalue weighted by atomic mass is 16.3. The van der Waals surface area contributed by atoms with Crippen molar-refractivity contribution >= 4 is 0 Å². The third-order valence-corrected chi connectivity index (χ3v) is 5.20. The van der Waals surface area contributed by atoms with Gasteiger partial charge in [-0.2, -0.15) is 5.26 Å². The summed E-state index contributed by atoms with van der Waals surface area (Å²) in [6, 6.07) is 2.51. The number of hydrogen-bond acceptors (Lipinski definition) is 2. The van der Waals surface area contributed by atoms with Gasteiger partial charge in [0.2, 0.25) is 0 Å². The molecule has 1 N–H and O–H groups in total. The molecule has 0 saturated heterocycles. The van der Waals surface area contributed by atoms with E-state index in [0.717, 1.165) is 44.9 Å². The zero-order valence-corrected chi connectivity index (χ0v) is 11.9. The molecule has 2 nitrogen and oxygen atoms in total. The van der Waals surface area contributed by atoms with E-state index in [9.17, 15) is 10.4 Å². The molecule has 0 spiro atoms. The minimum atomic E-state index is -0.698. The molecule has 2 unspecified atom stereocenters. The molecule has 2 heteroatoms. The van der Waals surface area contributed by atoms with E-state index in [1.54, 1.807) is 0 Å². The lowest BCUT2D eigenvalue weighted by atomic mass is 9.61. The van der Waals surface area contributed by atoms with Gasteiger partial charge in [0.1, 0.15) is 0 Å². The smallest absolute Gasteiger partial charge is 0.0860 e. The molecular formula is C16H27NO. The molecular weight excluding hydrogens is 222 g/mol. The molecule has 0 heterocycles. The first kappa shape index (κ1) is 13.9. The molecule has 0 aromatic heterocycles. The first-order valence-corrected chi connectivity index (χ1v) is 7.65. The first-order chi connectivity index (χ1) is 8.51. The zero-order valence-electron chi connectivity index (χ0n) is 11.9. The fourth-order valence-electron chi connectivity index (χ4n) is 4.33. The van der Waals surface area contributed by atoms with Crippen molar-refractivity contribution in [3.05, 3.63) is 0 Å². The number of nitrogens with zero attached hydrogens (tertiary/aromatic N) is 1. The number of hydrogen-bond donors (Lipinski definition) is 1. The second-order valence-electron chi connectivity index (χ2n) is 7.02. The molecule has 18 heavy (non-hydrogen) atoms. The van der Waals surface area contributed by atoms with E-state index in [0.29, 0.717) is 11.8 Å². The van der Waals surface area contributed by atoms with E-state index in [2.05, 4.69) is 19.9 Å². The Morgan fingerprint density at radius 1 is 1.22 bits per heavy atom. The van der Waals surface area contributed by atoms with Crippen LogP contribution in [0.15, 0.2) is 0 Å². The van der Waals surface area contributed by atoms with Crippen molar-refractivity contribution in [2.75, 3.05) is 0 Å². The van der Waals surface area contributed by atoms with E-state index >= 15 is 0 Å². The summed E-state index contributed by atoms with van der Waals surface area (Å²) in [5, 5.41) is 20.7. The van der Waals surface area contributed by atoms with Crippen LogP contribution < -0.4 is 0 Å². The molecule has 2 atom stereocenters. The molecule has 0 amide bonds. The summed E-state index contributed by atoms with van der Waals surface area (Å²) in [5.41, 5.74) is -1.13. The molecule has 0 aliphatic heterocycles. The lowest BCUT2D eigenvalue weighted by Gasteiger charge is -2.46. The van der Waals surface area contributed by atoms with Gasteiger partial charge >= 0.3 is 0 Å². The van der Waals surface area contributed by atoms with E-state index in [1.807, 2.05) is 0 Å².